The molecule has 5 heteroatoms. The molecule has 0 fully saturated rings. The molecule has 1 atom stereocenters. The first kappa shape index (κ1) is 18.0. The molecular formula is C21H24N2O3. The van der Waals surface area contributed by atoms with E-state index in [9.17, 15) is 9.59 Å². The van der Waals surface area contributed by atoms with E-state index >= 15 is 0 Å². The van der Waals surface area contributed by atoms with Crippen molar-refractivity contribution in [1.82, 2.24) is 4.90 Å². The van der Waals surface area contributed by atoms with Crippen molar-refractivity contribution in [3.05, 3.63) is 59.7 Å². The minimum atomic E-state index is -0.528. The molecule has 0 aromatic heterocycles. The maximum atomic E-state index is 13.0. The molecule has 0 unspecified atom stereocenters. The Kier molecular flexibility index (Phi) is 5.26. The van der Waals surface area contributed by atoms with Gasteiger partial charge in [0.15, 0.2) is 0 Å². The van der Waals surface area contributed by atoms with Crippen molar-refractivity contribution in [3.8, 4) is 5.75 Å². The van der Waals surface area contributed by atoms with Crippen molar-refractivity contribution in [2.45, 2.75) is 32.9 Å². The highest BCUT2D eigenvalue weighted by Gasteiger charge is 2.36. The topological polar surface area (TPSA) is 58.6 Å². The van der Waals surface area contributed by atoms with Crippen LogP contribution in [0.5, 0.6) is 5.75 Å². The summed E-state index contributed by atoms with van der Waals surface area (Å²) < 4.78 is 5.31. The lowest BCUT2D eigenvalue weighted by molar-refractivity contribution is -0.121. The van der Waals surface area contributed by atoms with Gasteiger partial charge in [-0.25, -0.2) is 0 Å². The van der Waals surface area contributed by atoms with Gasteiger partial charge in [0.1, 0.15) is 11.8 Å². The van der Waals surface area contributed by atoms with Crippen LogP contribution in [0, 0.1) is 5.92 Å². The highest BCUT2D eigenvalue weighted by molar-refractivity contribution is 6.03. The lowest BCUT2D eigenvalue weighted by atomic mass is 10.0. The van der Waals surface area contributed by atoms with Crippen LogP contribution in [0.15, 0.2) is 48.5 Å². The van der Waals surface area contributed by atoms with Crippen molar-refractivity contribution < 1.29 is 14.3 Å². The number of ether oxygens (including phenoxy) is 1. The lowest BCUT2D eigenvalue weighted by Gasteiger charge is -2.28. The van der Waals surface area contributed by atoms with E-state index in [1.807, 2.05) is 36.4 Å². The van der Waals surface area contributed by atoms with Gasteiger partial charge in [0.2, 0.25) is 5.91 Å². The van der Waals surface area contributed by atoms with Gasteiger partial charge in [-0.15, -0.1) is 0 Å². The molecule has 5 nitrogen and oxygen atoms in total. The molecule has 0 spiro atoms. The van der Waals surface area contributed by atoms with Crippen LogP contribution >= 0.6 is 0 Å². The van der Waals surface area contributed by atoms with E-state index in [1.165, 1.54) is 0 Å². The van der Waals surface area contributed by atoms with Crippen LogP contribution in [0.25, 0.3) is 0 Å². The Labute approximate surface area is 154 Å². The molecule has 26 heavy (non-hydrogen) atoms. The fourth-order valence-electron chi connectivity index (χ4n) is 3.31. The van der Waals surface area contributed by atoms with E-state index in [1.54, 1.807) is 24.1 Å². The van der Waals surface area contributed by atoms with Crippen LogP contribution in [0.2, 0.25) is 0 Å². The number of hydrogen-bond acceptors (Lipinski definition) is 3. The van der Waals surface area contributed by atoms with Crippen LogP contribution in [0.1, 0.15) is 36.2 Å². The SMILES string of the molecule is COc1ccccc1NC(=O)[C@H](CC(C)C)N1Cc2ccccc2C1=O. The number of nitrogens with one attached hydrogen (secondary N) is 1. The highest BCUT2D eigenvalue weighted by Crippen LogP contribution is 2.29. The standard InChI is InChI=1S/C21H24N2O3/c1-14(2)12-18(20(24)22-17-10-6-7-11-19(17)26-3)23-13-15-8-4-5-9-16(15)21(23)25/h4-11,14,18H,12-13H2,1-3H3,(H,22,24)/t18-/m0/s1. The van der Waals surface area contributed by atoms with Gasteiger partial charge in [0.05, 0.1) is 12.8 Å². The van der Waals surface area contributed by atoms with Gasteiger partial charge in [-0.1, -0.05) is 44.2 Å². The third-order valence-corrected chi connectivity index (χ3v) is 4.59. The maximum absolute atomic E-state index is 13.0. The monoisotopic (exact) mass is 352 g/mol. The maximum Gasteiger partial charge on any atom is 0.255 e. The first-order valence-corrected chi connectivity index (χ1v) is 8.84. The van der Waals surface area contributed by atoms with Crippen LogP contribution in [0.3, 0.4) is 0 Å². The van der Waals surface area contributed by atoms with Crippen molar-refractivity contribution in [2.75, 3.05) is 12.4 Å². The number of benzene rings is 2. The number of amides is 2. The zero-order valence-electron chi connectivity index (χ0n) is 15.4. The summed E-state index contributed by atoms with van der Waals surface area (Å²) in [6, 6.07) is 14.3. The zero-order chi connectivity index (χ0) is 18.7. The van der Waals surface area contributed by atoms with E-state index in [0.29, 0.717) is 30.0 Å². The van der Waals surface area contributed by atoms with Gasteiger partial charge >= 0.3 is 0 Å². The molecule has 2 aromatic rings. The summed E-state index contributed by atoms with van der Waals surface area (Å²) in [6.45, 7) is 4.57. The lowest BCUT2D eigenvalue weighted by Crippen LogP contribution is -2.45. The van der Waals surface area contributed by atoms with E-state index in [4.69, 9.17) is 4.74 Å². The molecule has 3 rings (SSSR count). The largest absolute Gasteiger partial charge is 0.495 e. The van der Waals surface area contributed by atoms with Gasteiger partial charge in [-0.3, -0.25) is 9.59 Å². The number of para-hydroxylation sites is 2. The van der Waals surface area contributed by atoms with Crippen LogP contribution in [0.4, 0.5) is 5.69 Å². The quantitative estimate of drug-likeness (QED) is 0.862. The van der Waals surface area contributed by atoms with Crippen molar-refractivity contribution >= 4 is 17.5 Å². The third kappa shape index (κ3) is 3.57. The summed E-state index contributed by atoms with van der Waals surface area (Å²) in [5.41, 5.74) is 2.26. The second-order valence-electron chi connectivity index (χ2n) is 6.93. The Bertz CT molecular complexity index is 816. The third-order valence-electron chi connectivity index (χ3n) is 4.59. The average molecular weight is 352 g/mol. The molecule has 0 saturated carbocycles. The molecule has 0 aliphatic carbocycles. The molecule has 0 radical (unpaired) electrons. The van der Waals surface area contributed by atoms with Crippen LogP contribution in [-0.2, 0) is 11.3 Å². The zero-order valence-corrected chi connectivity index (χ0v) is 15.4. The van der Waals surface area contributed by atoms with Crippen molar-refractivity contribution in [3.63, 3.8) is 0 Å². The van der Waals surface area contributed by atoms with Gasteiger partial charge in [-0.2, -0.15) is 0 Å². The number of anilines is 1. The molecule has 1 aliphatic heterocycles. The Hall–Kier alpha value is -2.82. The van der Waals surface area contributed by atoms with Crippen molar-refractivity contribution in [1.29, 1.82) is 0 Å². The Morgan fingerprint density at radius 2 is 1.85 bits per heavy atom. The number of fused-ring (bicyclic) bond motifs is 1. The molecule has 0 bridgehead atoms. The van der Waals surface area contributed by atoms with Crippen LogP contribution < -0.4 is 10.1 Å². The fourth-order valence-corrected chi connectivity index (χ4v) is 3.31. The predicted octanol–water partition coefficient (Wildman–Crippen LogP) is 3.70. The number of carbonyl (C=O) groups excluding carboxylic acids is 2. The summed E-state index contributed by atoms with van der Waals surface area (Å²) in [5, 5.41) is 2.93. The smallest absolute Gasteiger partial charge is 0.255 e. The number of carbonyl (C=O) groups is 2. The molecule has 2 amide bonds. The second-order valence-corrected chi connectivity index (χ2v) is 6.93. The average Bonchev–Trinajstić information content (AvgIpc) is 2.97. The fraction of sp³-hybridized carbons (Fsp3) is 0.333. The Balaban J connectivity index is 1.85. The first-order chi connectivity index (χ1) is 12.5. The van der Waals surface area contributed by atoms with Crippen LogP contribution in [-0.4, -0.2) is 29.9 Å². The molecule has 2 aromatic carbocycles. The molecule has 0 saturated heterocycles. The molecular weight excluding hydrogens is 328 g/mol. The minimum absolute atomic E-state index is 0.0820. The summed E-state index contributed by atoms with van der Waals surface area (Å²) in [4.78, 5) is 27.5. The molecule has 136 valence electrons. The minimum Gasteiger partial charge on any atom is -0.495 e. The number of methoxy groups -OCH3 is 1. The number of hydrogen-bond donors (Lipinski definition) is 1. The predicted molar refractivity (Wildman–Crippen MR) is 101 cm³/mol. The second kappa shape index (κ2) is 7.60. The normalized spacial score (nSPS) is 14.3. The summed E-state index contributed by atoms with van der Waals surface area (Å²) in [5.74, 6) is 0.603. The first-order valence-electron chi connectivity index (χ1n) is 8.84. The Morgan fingerprint density at radius 3 is 2.54 bits per heavy atom. The highest BCUT2D eigenvalue weighted by atomic mass is 16.5. The van der Waals surface area contributed by atoms with Gasteiger partial charge < -0.3 is 15.0 Å². The number of nitrogens with zero attached hydrogens (tertiary/aromatic N) is 1. The van der Waals surface area contributed by atoms with Gasteiger partial charge in [0.25, 0.3) is 5.91 Å². The molecule has 1 heterocycles. The number of rotatable bonds is 6. The molecule has 1 aliphatic rings. The van der Waals surface area contributed by atoms with Gasteiger partial charge in [0, 0.05) is 12.1 Å². The van der Waals surface area contributed by atoms with Gasteiger partial charge in [-0.05, 0) is 36.1 Å². The summed E-state index contributed by atoms with van der Waals surface area (Å²) in [6.07, 6.45) is 0.598. The van der Waals surface area contributed by atoms with E-state index < -0.39 is 6.04 Å². The van der Waals surface area contributed by atoms with E-state index in [-0.39, 0.29) is 17.7 Å². The van der Waals surface area contributed by atoms with E-state index in [0.717, 1.165) is 5.56 Å². The summed E-state index contributed by atoms with van der Waals surface area (Å²) in [7, 11) is 1.57. The van der Waals surface area contributed by atoms with Crippen molar-refractivity contribution in [2.24, 2.45) is 5.92 Å². The Morgan fingerprint density at radius 1 is 1.15 bits per heavy atom. The molecule has 1 N–H and O–H groups in total. The summed E-state index contributed by atoms with van der Waals surface area (Å²) >= 11 is 0. The van der Waals surface area contributed by atoms with E-state index in [2.05, 4.69) is 19.2 Å².